The summed E-state index contributed by atoms with van der Waals surface area (Å²) in [6.45, 7) is 0. The standard InChI is InChI=1S/C19H12ClFN4OS/c20-15-7-3-1-5-13(15)17-10-9-12(26-17)11-22-25-18(23-24-19(25)27)14-6-2-4-8-16(14)21/h1-11H,(H,24,27)/b22-11-. The molecule has 0 aliphatic rings. The van der Waals surface area contributed by atoms with E-state index in [9.17, 15) is 4.39 Å². The second-order valence-corrected chi connectivity index (χ2v) is 6.36. The SMILES string of the molecule is Fc1ccccc1-c1n[nH]c(=S)n1/N=C\c1ccc(-c2ccccc2Cl)o1. The lowest BCUT2D eigenvalue weighted by Crippen LogP contribution is -1.96. The second-order valence-electron chi connectivity index (χ2n) is 5.57. The van der Waals surface area contributed by atoms with Crippen LogP contribution in [0.3, 0.4) is 0 Å². The van der Waals surface area contributed by atoms with Gasteiger partial charge in [-0.25, -0.2) is 9.49 Å². The van der Waals surface area contributed by atoms with Crippen molar-refractivity contribution in [1.82, 2.24) is 14.9 Å². The molecule has 4 aromatic rings. The Labute approximate surface area is 163 Å². The Hall–Kier alpha value is -3.03. The number of H-pyrrole nitrogens is 1. The first-order chi connectivity index (χ1) is 13.1. The highest BCUT2D eigenvalue weighted by molar-refractivity contribution is 7.71. The van der Waals surface area contributed by atoms with Gasteiger partial charge in [0.25, 0.3) is 0 Å². The molecule has 27 heavy (non-hydrogen) atoms. The van der Waals surface area contributed by atoms with Crippen LogP contribution in [0, 0.1) is 10.6 Å². The summed E-state index contributed by atoms with van der Waals surface area (Å²) >= 11 is 11.4. The lowest BCUT2D eigenvalue weighted by Gasteiger charge is -2.01. The third-order valence-electron chi connectivity index (χ3n) is 3.83. The Morgan fingerprint density at radius 1 is 1.07 bits per heavy atom. The summed E-state index contributed by atoms with van der Waals surface area (Å²) in [6.07, 6.45) is 1.48. The Kier molecular flexibility index (Phi) is 4.70. The van der Waals surface area contributed by atoms with E-state index >= 15 is 0 Å². The first-order valence-corrected chi connectivity index (χ1v) is 8.73. The van der Waals surface area contributed by atoms with Gasteiger partial charge >= 0.3 is 0 Å². The monoisotopic (exact) mass is 398 g/mol. The third kappa shape index (κ3) is 3.47. The maximum atomic E-state index is 14.1. The Bertz CT molecular complexity index is 1190. The zero-order chi connectivity index (χ0) is 18.8. The number of nitrogens with one attached hydrogen (secondary N) is 1. The molecule has 0 aliphatic heterocycles. The number of furan rings is 1. The van der Waals surface area contributed by atoms with Gasteiger partial charge in [-0.1, -0.05) is 35.9 Å². The summed E-state index contributed by atoms with van der Waals surface area (Å²) in [5, 5.41) is 11.6. The van der Waals surface area contributed by atoms with Crippen molar-refractivity contribution in [2.24, 2.45) is 5.10 Å². The number of nitrogens with zero attached hydrogens (tertiary/aromatic N) is 3. The van der Waals surface area contributed by atoms with Gasteiger partial charge in [0.2, 0.25) is 4.77 Å². The Morgan fingerprint density at radius 2 is 1.81 bits per heavy atom. The van der Waals surface area contributed by atoms with Gasteiger partial charge in [-0.05, 0) is 48.6 Å². The summed E-state index contributed by atoms with van der Waals surface area (Å²) in [5.41, 5.74) is 1.07. The van der Waals surface area contributed by atoms with Crippen LogP contribution in [-0.2, 0) is 0 Å². The fourth-order valence-corrected chi connectivity index (χ4v) is 2.97. The van der Waals surface area contributed by atoms with Crippen molar-refractivity contribution < 1.29 is 8.81 Å². The van der Waals surface area contributed by atoms with Crippen LogP contribution in [0.4, 0.5) is 4.39 Å². The minimum absolute atomic E-state index is 0.238. The molecular formula is C19H12ClFN4OS. The zero-order valence-electron chi connectivity index (χ0n) is 13.8. The van der Waals surface area contributed by atoms with Crippen molar-refractivity contribution in [2.75, 3.05) is 0 Å². The van der Waals surface area contributed by atoms with Crippen LogP contribution in [0.2, 0.25) is 5.02 Å². The fourth-order valence-electron chi connectivity index (χ4n) is 2.56. The molecule has 5 nitrogen and oxygen atoms in total. The molecule has 2 heterocycles. The number of aromatic nitrogens is 3. The van der Waals surface area contributed by atoms with E-state index in [0.29, 0.717) is 22.1 Å². The van der Waals surface area contributed by atoms with Gasteiger partial charge in [0.05, 0.1) is 16.8 Å². The Balaban J connectivity index is 1.67. The topological polar surface area (TPSA) is 59.1 Å². The molecule has 1 N–H and O–H groups in total. The van der Waals surface area contributed by atoms with E-state index in [1.54, 1.807) is 36.4 Å². The van der Waals surface area contributed by atoms with Crippen molar-refractivity contribution in [1.29, 1.82) is 0 Å². The molecule has 0 atom stereocenters. The van der Waals surface area contributed by atoms with E-state index in [1.165, 1.54) is 17.0 Å². The highest BCUT2D eigenvalue weighted by Gasteiger charge is 2.12. The number of benzene rings is 2. The summed E-state index contributed by atoms with van der Waals surface area (Å²) < 4.78 is 21.4. The van der Waals surface area contributed by atoms with Crippen molar-refractivity contribution in [3.8, 4) is 22.7 Å². The first kappa shape index (κ1) is 17.4. The van der Waals surface area contributed by atoms with E-state index in [2.05, 4.69) is 15.3 Å². The van der Waals surface area contributed by atoms with Gasteiger partial charge in [0, 0.05) is 5.56 Å². The fraction of sp³-hybridized carbons (Fsp3) is 0. The number of hydrogen-bond donors (Lipinski definition) is 1. The molecule has 2 aromatic carbocycles. The van der Waals surface area contributed by atoms with Gasteiger partial charge in [0.15, 0.2) is 5.82 Å². The molecule has 0 saturated heterocycles. The number of halogens is 2. The normalized spacial score (nSPS) is 11.3. The molecule has 4 rings (SSSR count). The molecule has 0 aliphatic carbocycles. The van der Waals surface area contributed by atoms with E-state index in [4.69, 9.17) is 28.2 Å². The predicted molar refractivity (Wildman–Crippen MR) is 105 cm³/mol. The number of rotatable bonds is 4. The third-order valence-corrected chi connectivity index (χ3v) is 4.43. The summed E-state index contributed by atoms with van der Waals surface area (Å²) in [4.78, 5) is 0. The van der Waals surface area contributed by atoms with Gasteiger partial charge in [0.1, 0.15) is 17.3 Å². The molecule has 8 heteroatoms. The quantitative estimate of drug-likeness (QED) is 0.362. The smallest absolute Gasteiger partial charge is 0.216 e. The van der Waals surface area contributed by atoms with Crippen LogP contribution < -0.4 is 0 Å². The number of aromatic amines is 1. The highest BCUT2D eigenvalue weighted by atomic mass is 35.5. The maximum Gasteiger partial charge on any atom is 0.216 e. The molecule has 0 radical (unpaired) electrons. The average Bonchev–Trinajstić information content (AvgIpc) is 3.28. The molecule has 134 valence electrons. The van der Waals surface area contributed by atoms with Crippen molar-refractivity contribution >= 4 is 30.0 Å². The van der Waals surface area contributed by atoms with Gasteiger partial charge in [-0.2, -0.15) is 14.9 Å². The van der Waals surface area contributed by atoms with Gasteiger partial charge in [-0.3, -0.25) is 0 Å². The maximum absolute atomic E-state index is 14.1. The van der Waals surface area contributed by atoms with Crippen LogP contribution in [0.15, 0.2) is 70.2 Å². The lowest BCUT2D eigenvalue weighted by atomic mass is 10.2. The molecule has 0 bridgehead atoms. The van der Waals surface area contributed by atoms with Crippen molar-refractivity contribution in [2.45, 2.75) is 0 Å². The Morgan fingerprint density at radius 3 is 2.59 bits per heavy atom. The molecule has 0 amide bonds. The predicted octanol–water partition coefficient (Wildman–Crippen LogP) is 5.54. The van der Waals surface area contributed by atoms with Gasteiger partial charge < -0.3 is 4.42 Å². The molecule has 0 spiro atoms. The summed E-state index contributed by atoms with van der Waals surface area (Å²) in [7, 11) is 0. The average molecular weight is 399 g/mol. The second kappa shape index (κ2) is 7.30. The van der Waals surface area contributed by atoms with Crippen molar-refractivity contribution in [3.05, 3.63) is 82.0 Å². The van der Waals surface area contributed by atoms with E-state index in [1.807, 2.05) is 18.2 Å². The van der Waals surface area contributed by atoms with Crippen LogP contribution in [-0.4, -0.2) is 21.1 Å². The van der Waals surface area contributed by atoms with E-state index < -0.39 is 5.82 Å². The number of hydrogen-bond acceptors (Lipinski definition) is 4. The molecule has 0 unspecified atom stereocenters. The highest BCUT2D eigenvalue weighted by Crippen LogP contribution is 2.28. The van der Waals surface area contributed by atoms with Crippen LogP contribution in [0.5, 0.6) is 0 Å². The lowest BCUT2D eigenvalue weighted by molar-refractivity contribution is 0.574. The van der Waals surface area contributed by atoms with E-state index in [0.717, 1.165) is 5.56 Å². The molecular weight excluding hydrogens is 387 g/mol. The van der Waals surface area contributed by atoms with Crippen molar-refractivity contribution in [3.63, 3.8) is 0 Å². The minimum atomic E-state index is -0.415. The molecule has 0 saturated carbocycles. The van der Waals surface area contributed by atoms with Crippen LogP contribution >= 0.6 is 23.8 Å². The van der Waals surface area contributed by atoms with Crippen LogP contribution in [0.1, 0.15) is 5.76 Å². The largest absolute Gasteiger partial charge is 0.455 e. The van der Waals surface area contributed by atoms with Gasteiger partial charge in [-0.15, -0.1) is 0 Å². The van der Waals surface area contributed by atoms with Crippen LogP contribution in [0.25, 0.3) is 22.7 Å². The summed E-state index contributed by atoms with van der Waals surface area (Å²) in [6, 6.07) is 17.2. The first-order valence-electron chi connectivity index (χ1n) is 7.95. The molecule has 0 fully saturated rings. The zero-order valence-corrected chi connectivity index (χ0v) is 15.3. The van der Waals surface area contributed by atoms with E-state index in [-0.39, 0.29) is 10.6 Å². The minimum Gasteiger partial charge on any atom is -0.455 e. The summed E-state index contributed by atoms with van der Waals surface area (Å²) in [5.74, 6) is 0.967. The molecule has 2 aromatic heterocycles.